The number of aliphatic hydroxyl groups excluding tert-OH is 1. The van der Waals surface area contributed by atoms with E-state index in [-0.39, 0.29) is 17.9 Å². The molecule has 78 valence electrons. The van der Waals surface area contributed by atoms with E-state index in [2.05, 4.69) is 14.7 Å². The monoisotopic (exact) mass is 224 g/mol. The van der Waals surface area contributed by atoms with Crippen molar-refractivity contribution >= 4 is 28.1 Å². The molecule has 0 atom stereocenters. The van der Waals surface area contributed by atoms with Crippen LogP contribution in [0, 0.1) is 0 Å². The van der Waals surface area contributed by atoms with E-state index in [1.54, 1.807) is 18.5 Å². The van der Waals surface area contributed by atoms with Crippen LogP contribution in [0.5, 0.6) is 0 Å². The van der Waals surface area contributed by atoms with Gasteiger partial charge in [-0.25, -0.2) is 14.8 Å². The van der Waals surface area contributed by atoms with E-state index in [0.29, 0.717) is 10.8 Å². The maximum Gasteiger partial charge on any atom is 0.344 e. The molecule has 0 saturated carbocycles. The molecule has 1 aliphatic rings. The highest BCUT2D eigenvalue weighted by atomic mass is 32.1. The second-order valence-electron chi connectivity index (χ2n) is 2.91. The minimum absolute atomic E-state index is 0.0705. The highest BCUT2D eigenvalue weighted by molar-refractivity contribution is 7.13. The van der Waals surface area contributed by atoms with Crippen LogP contribution in [0.4, 0.5) is 5.13 Å². The Balaban J connectivity index is 2.32. The molecular formula is C9H8N2O3S. The van der Waals surface area contributed by atoms with Gasteiger partial charge in [0.05, 0.1) is 5.71 Å². The number of aromatic nitrogens is 1. The van der Waals surface area contributed by atoms with Gasteiger partial charge < -0.3 is 9.84 Å². The first-order chi connectivity index (χ1) is 7.18. The lowest BCUT2D eigenvalue weighted by atomic mass is 10.1. The van der Waals surface area contributed by atoms with Gasteiger partial charge in [0.15, 0.2) is 0 Å². The van der Waals surface area contributed by atoms with Gasteiger partial charge in [0.2, 0.25) is 5.13 Å². The van der Waals surface area contributed by atoms with Crippen molar-refractivity contribution in [3.05, 3.63) is 22.9 Å². The summed E-state index contributed by atoms with van der Waals surface area (Å²) in [5.41, 5.74) is 0.565. The molecule has 0 aliphatic carbocycles. The smallest absolute Gasteiger partial charge is 0.344 e. The summed E-state index contributed by atoms with van der Waals surface area (Å²) in [6.45, 7) is 1.57. The Labute approximate surface area is 89.8 Å². The molecule has 0 fully saturated rings. The largest absolute Gasteiger partial charge is 0.508 e. The Morgan fingerprint density at radius 1 is 1.73 bits per heavy atom. The number of aliphatic imine (C=N–C) groups is 1. The minimum atomic E-state index is -0.537. The fraction of sp³-hybridized carbons (Fsp3) is 0.222. The molecule has 0 aromatic carbocycles. The molecule has 1 aromatic heterocycles. The first-order valence-electron chi connectivity index (χ1n) is 4.23. The third-order valence-electron chi connectivity index (χ3n) is 1.88. The van der Waals surface area contributed by atoms with E-state index in [1.807, 2.05) is 0 Å². The average molecular weight is 224 g/mol. The number of carbonyl (C=O) groups excluding carboxylic acids is 1. The predicted octanol–water partition coefficient (Wildman–Crippen LogP) is 1.60. The maximum absolute atomic E-state index is 11.2. The van der Waals surface area contributed by atoms with Gasteiger partial charge in [-0.15, -0.1) is 11.3 Å². The fourth-order valence-electron chi connectivity index (χ4n) is 1.22. The zero-order valence-corrected chi connectivity index (χ0v) is 8.74. The summed E-state index contributed by atoms with van der Waals surface area (Å²) in [5, 5.41) is 11.7. The minimum Gasteiger partial charge on any atom is -0.508 e. The Morgan fingerprint density at radius 3 is 3.07 bits per heavy atom. The number of ether oxygens (including phenoxy) is 1. The van der Waals surface area contributed by atoms with Gasteiger partial charge in [-0.1, -0.05) is 0 Å². The molecule has 0 amide bonds. The molecular weight excluding hydrogens is 216 g/mol. The molecule has 1 N–H and O–H groups in total. The third kappa shape index (κ3) is 1.89. The van der Waals surface area contributed by atoms with E-state index < -0.39 is 5.97 Å². The molecule has 0 saturated heterocycles. The quantitative estimate of drug-likeness (QED) is 0.611. The van der Waals surface area contributed by atoms with Gasteiger partial charge in [-0.2, -0.15) is 0 Å². The van der Waals surface area contributed by atoms with Crippen LogP contribution >= 0.6 is 11.3 Å². The van der Waals surface area contributed by atoms with Gasteiger partial charge in [0.1, 0.15) is 17.9 Å². The molecule has 0 spiro atoms. The second kappa shape index (κ2) is 3.82. The van der Waals surface area contributed by atoms with Crippen molar-refractivity contribution in [3.8, 4) is 0 Å². The fourth-order valence-corrected chi connectivity index (χ4v) is 1.78. The molecule has 5 nitrogen and oxygen atoms in total. The molecule has 0 radical (unpaired) electrons. The number of esters is 1. The van der Waals surface area contributed by atoms with E-state index in [9.17, 15) is 9.90 Å². The van der Waals surface area contributed by atoms with Crippen molar-refractivity contribution < 1.29 is 14.6 Å². The topological polar surface area (TPSA) is 71.8 Å². The van der Waals surface area contributed by atoms with Crippen LogP contribution in [0.3, 0.4) is 0 Å². The molecule has 15 heavy (non-hydrogen) atoms. The second-order valence-corrected chi connectivity index (χ2v) is 3.78. The van der Waals surface area contributed by atoms with Crippen molar-refractivity contribution in [1.29, 1.82) is 0 Å². The average Bonchev–Trinajstić information content (AvgIpc) is 2.77. The van der Waals surface area contributed by atoms with E-state index in [4.69, 9.17) is 0 Å². The van der Waals surface area contributed by atoms with Gasteiger partial charge in [-0.3, -0.25) is 0 Å². The third-order valence-corrected chi connectivity index (χ3v) is 2.54. The Bertz CT molecular complexity index is 448. The molecule has 0 unspecified atom stereocenters. The van der Waals surface area contributed by atoms with Crippen molar-refractivity contribution in [2.24, 2.45) is 4.99 Å². The maximum atomic E-state index is 11.2. The van der Waals surface area contributed by atoms with Crippen LogP contribution in [-0.4, -0.2) is 28.4 Å². The molecule has 2 heterocycles. The van der Waals surface area contributed by atoms with Crippen LogP contribution in [-0.2, 0) is 9.53 Å². The first-order valence-corrected chi connectivity index (χ1v) is 5.11. The van der Waals surface area contributed by atoms with Crippen LogP contribution in [0.1, 0.15) is 6.92 Å². The Morgan fingerprint density at radius 2 is 2.53 bits per heavy atom. The van der Waals surface area contributed by atoms with Crippen LogP contribution in [0.25, 0.3) is 0 Å². The van der Waals surface area contributed by atoms with Gasteiger partial charge >= 0.3 is 5.97 Å². The van der Waals surface area contributed by atoms with Crippen molar-refractivity contribution in [2.75, 3.05) is 6.61 Å². The standard InChI is InChI=1S/C9H8N2O3S/c1-5(11-9-10-2-3-15-9)7-6(12)4-14-8(7)13/h2-3,12H,4H2,1H3/b11-5+. The van der Waals surface area contributed by atoms with E-state index in [1.165, 1.54) is 11.3 Å². The Hall–Kier alpha value is -1.69. The van der Waals surface area contributed by atoms with E-state index in [0.717, 1.165) is 0 Å². The molecule has 1 aromatic rings. The predicted molar refractivity (Wildman–Crippen MR) is 55.5 cm³/mol. The van der Waals surface area contributed by atoms with Crippen LogP contribution in [0.15, 0.2) is 27.9 Å². The highest BCUT2D eigenvalue weighted by Gasteiger charge is 2.26. The molecule has 1 aliphatic heterocycles. The number of hydrogen-bond acceptors (Lipinski definition) is 6. The summed E-state index contributed by atoms with van der Waals surface area (Å²) >= 11 is 1.36. The summed E-state index contributed by atoms with van der Waals surface area (Å²) in [4.78, 5) is 19.3. The van der Waals surface area contributed by atoms with E-state index >= 15 is 0 Å². The van der Waals surface area contributed by atoms with Crippen LogP contribution in [0.2, 0.25) is 0 Å². The Kier molecular flexibility index (Phi) is 2.51. The number of rotatable bonds is 2. The number of cyclic esters (lactones) is 1. The van der Waals surface area contributed by atoms with Gasteiger partial charge in [0.25, 0.3) is 0 Å². The zero-order valence-electron chi connectivity index (χ0n) is 7.93. The van der Waals surface area contributed by atoms with Gasteiger partial charge in [0, 0.05) is 11.6 Å². The number of hydrogen-bond donors (Lipinski definition) is 1. The normalized spacial score (nSPS) is 17.1. The number of carbonyl (C=O) groups is 1. The first kappa shape index (κ1) is 9.85. The zero-order chi connectivity index (χ0) is 10.8. The summed E-state index contributed by atoms with van der Waals surface area (Å²) in [6, 6.07) is 0. The summed E-state index contributed by atoms with van der Waals surface area (Å²) < 4.78 is 4.66. The molecule has 6 heteroatoms. The summed E-state index contributed by atoms with van der Waals surface area (Å²) in [7, 11) is 0. The lowest BCUT2D eigenvalue weighted by molar-refractivity contribution is -0.135. The number of aliphatic hydroxyl groups is 1. The molecule has 2 rings (SSSR count). The van der Waals surface area contributed by atoms with Gasteiger partial charge in [-0.05, 0) is 6.92 Å². The summed E-state index contributed by atoms with van der Waals surface area (Å²) in [5.74, 6) is -0.608. The van der Waals surface area contributed by atoms with Crippen molar-refractivity contribution in [2.45, 2.75) is 6.92 Å². The highest BCUT2D eigenvalue weighted by Crippen LogP contribution is 2.20. The SMILES string of the molecule is C/C(=N\c1nccs1)C1=C(O)COC1=O. The lowest BCUT2D eigenvalue weighted by Crippen LogP contribution is -2.07. The van der Waals surface area contributed by atoms with Crippen molar-refractivity contribution in [1.82, 2.24) is 4.98 Å². The number of nitrogens with zero attached hydrogens (tertiary/aromatic N) is 2. The summed E-state index contributed by atoms with van der Waals surface area (Å²) in [6.07, 6.45) is 1.62. The lowest BCUT2D eigenvalue weighted by Gasteiger charge is -1.96. The number of thiazole rings is 1. The molecule has 0 bridgehead atoms. The van der Waals surface area contributed by atoms with Crippen molar-refractivity contribution in [3.63, 3.8) is 0 Å². The van der Waals surface area contributed by atoms with Crippen LogP contribution < -0.4 is 0 Å².